The molecule has 0 bridgehead atoms. The van der Waals surface area contributed by atoms with E-state index in [-0.39, 0.29) is 18.9 Å². The summed E-state index contributed by atoms with van der Waals surface area (Å²) in [6.07, 6.45) is -0.543. The molecular formula is C19H19NO5. The molecule has 25 heavy (non-hydrogen) atoms. The molecule has 3 rings (SSSR count). The third-order valence-electron chi connectivity index (χ3n) is 4.13. The zero-order valence-corrected chi connectivity index (χ0v) is 14.1. The molecule has 6 heteroatoms. The Morgan fingerprint density at radius 2 is 1.84 bits per heavy atom. The SMILES string of the molecule is COc1ccc(CC(=O)N2C(=O)OC[C@H]2c2ccccc2)cc1OC. The molecule has 0 unspecified atom stereocenters. The maximum atomic E-state index is 12.7. The van der Waals surface area contributed by atoms with Crippen molar-refractivity contribution in [1.29, 1.82) is 0 Å². The lowest BCUT2D eigenvalue weighted by Crippen LogP contribution is -2.35. The summed E-state index contributed by atoms with van der Waals surface area (Å²) in [5.74, 6) is 0.807. The highest BCUT2D eigenvalue weighted by Crippen LogP contribution is 2.30. The van der Waals surface area contributed by atoms with Crippen molar-refractivity contribution >= 4 is 12.0 Å². The molecule has 130 valence electrons. The molecule has 0 aliphatic carbocycles. The van der Waals surface area contributed by atoms with Gasteiger partial charge < -0.3 is 14.2 Å². The molecule has 0 saturated carbocycles. The van der Waals surface area contributed by atoms with Crippen LogP contribution >= 0.6 is 0 Å². The Morgan fingerprint density at radius 1 is 1.12 bits per heavy atom. The van der Waals surface area contributed by atoms with Crippen molar-refractivity contribution in [2.45, 2.75) is 12.5 Å². The van der Waals surface area contributed by atoms with E-state index in [0.717, 1.165) is 11.1 Å². The summed E-state index contributed by atoms with van der Waals surface area (Å²) in [6, 6.07) is 14.2. The van der Waals surface area contributed by atoms with Gasteiger partial charge in [-0.15, -0.1) is 0 Å². The summed E-state index contributed by atoms with van der Waals surface area (Å²) >= 11 is 0. The van der Waals surface area contributed by atoms with Crippen molar-refractivity contribution in [3.63, 3.8) is 0 Å². The van der Waals surface area contributed by atoms with Crippen LogP contribution in [0, 0.1) is 0 Å². The van der Waals surface area contributed by atoms with Crippen LogP contribution in [-0.4, -0.2) is 37.7 Å². The smallest absolute Gasteiger partial charge is 0.417 e. The summed E-state index contributed by atoms with van der Waals surface area (Å²) in [5, 5.41) is 0. The average Bonchev–Trinajstić information content (AvgIpc) is 3.04. The average molecular weight is 341 g/mol. The normalized spacial score (nSPS) is 16.5. The summed E-state index contributed by atoms with van der Waals surface area (Å²) in [4.78, 5) is 26.0. The molecule has 1 aliphatic heterocycles. The number of rotatable bonds is 5. The minimum Gasteiger partial charge on any atom is -0.493 e. The highest BCUT2D eigenvalue weighted by Gasteiger charge is 2.38. The van der Waals surface area contributed by atoms with Crippen molar-refractivity contribution in [3.8, 4) is 11.5 Å². The number of benzene rings is 2. The highest BCUT2D eigenvalue weighted by molar-refractivity contribution is 5.94. The summed E-state index contributed by atoms with van der Waals surface area (Å²) in [7, 11) is 3.08. The minimum absolute atomic E-state index is 0.0682. The van der Waals surface area contributed by atoms with Crippen molar-refractivity contribution in [3.05, 3.63) is 59.7 Å². The Kier molecular flexibility index (Phi) is 4.88. The summed E-state index contributed by atoms with van der Waals surface area (Å²) in [5.41, 5.74) is 1.60. The molecule has 1 atom stereocenters. The van der Waals surface area contributed by atoms with Gasteiger partial charge in [0.25, 0.3) is 0 Å². The number of ether oxygens (including phenoxy) is 3. The fourth-order valence-corrected chi connectivity index (χ4v) is 2.87. The van der Waals surface area contributed by atoms with Gasteiger partial charge in [0.15, 0.2) is 11.5 Å². The number of hydrogen-bond acceptors (Lipinski definition) is 5. The predicted octanol–water partition coefficient (Wildman–Crippen LogP) is 2.97. The molecule has 2 aromatic rings. The topological polar surface area (TPSA) is 65.1 Å². The molecule has 0 N–H and O–H groups in total. The van der Waals surface area contributed by atoms with Crippen LogP contribution in [0.5, 0.6) is 11.5 Å². The number of carbonyl (C=O) groups excluding carboxylic acids is 2. The van der Waals surface area contributed by atoms with Crippen LogP contribution in [0.4, 0.5) is 4.79 Å². The van der Waals surface area contributed by atoms with Crippen molar-refractivity contribution in [2.24, 2.45) is 0 Å². The van der Waals surface area contributed by atoms with E-state index in [4.69, 9.17) is 14.2 Å². The van der Waals surface area contributed by atoms with Crippen molar-refractivity contribution in [1.82, 2.24) is 4.90 Å². The lowest BCUT2D eigenvalue weighted by Gasteiger charge is -2.20. The molecule has 1 fully saturated rings. The number of nitrogens with zero attached hydrogens (tertiary/aromatic N) is 1. The van der Waals surface area contributed by atoms with E-state index in [9.17, 15) is 9.59 Å². The standard InChI is InChI=1S/C19H19NO5/c1-23-16-9-8-13(10-17(16)24-2)11-18(21)20-15(12-25-19(20)22)14-6-4-3-5-7-14/h3-10,15H,11-12H2,1-2H3/t15-/m0/s1. The van der Waals surface area contributed by atoms with Crippen LogP contribution in [0.3, 0.4) is 0 Å². The van der Waals surface area contributed by atoms with Crippen LogP contribution in [0.15, 0.2) is 48.5 Å². The van der Waals surface area contributed by atoms with Gasteiger partial charge in [0, 0.05) is 0 Å². The minimum atomic E-state index is -0.612. The van der Waals surface area contributed by atoms with Crippen LogP contribution in [-0.2, 0) is 16.0 Å². The molecular weight excluding hydrogens is 322 g/mol. The fraction of sp³-hybridized carbons (Fsp3) is 0.263. The van der Waals surface area contributed by atoms with E-state index < -0.39 is 12.1 Å². The van der Waals surface area contributed by atoms with Gasteiger partial charge in [-0.05, 0) is 23.3 Å². The van der Waals surface area contributed by atoms with Crippen LogP contribution in [0.2, 0.25) is 0 Å². The van der Waals surface area contributed by atoms with E-state index in [0.29, 0.717) is 11.5 Å². The van der Waals surface area contributed by atoms with Gasteiger partial charge in [-0.3, -0.25) is 4.79 Å². The Morgan fingerprint density at radius 3 is 2.52 bits per heavy atom. The first kappa shape index (κ1) is 16.8. The number of carbonyl (C=O) groups is 2. The molecule has 0 radical (unpaired) electrons. The van der Waals surface area contributed by atoms with Crippen LogP contribution in [0.25, 0.3) is 0 Å². The molecule has 1 heterocycles. The van der Waals surface area contributed by atoms with Crippen LogP contribution in [0.1, 0.15) is 17.2 Å². The first-order valence-electron chi connectivity index (χ1n) is 7.88. The Labute approximate surface area is 145 Å². The van der Waals surface area contributed by atoms with E-state index in [1.807, 2.05) is 30.3 Å². The van der Waals surface area contributed by atoms with E-state index in [1.165, 1.54) is 12.0 Å². The van der Waals surface area contributed by atoms with Gasteiger partial charge >= 0.3 is 6.09 Å². The van der Waals surface area contributed by atoms with E-state index >= 15 is 0 Å². The van der Waals surface area contributed by atoms with Gasteiger partial charge in [-0.2, -0.15) is 0 Å². The predicted molar refractivity (Wildman–Crippen MR) is 90.6 cm³/mol. The second-order valence-electron chi connectivity index (χ2n) is 5.63. The Bertz CT molecular complexity index is 775. The molecule has 6 nitrogen and oxygen atoms in total. The number of hydrogen-bond donors (Lipinski definition) is 0. The molecule has 1 aliphatic rings. The molecule has 0 spiro atoms. The largest absolute Gasteiger partial charge is 0.493 e. The van der Waals surface area contributed by atoms with Gasteiger partial charge in [-0.25, -0.2) is 9.69 Å². The number of amides is 2. The maximum Gasteiger partial charge on any atom is 0.417 e. The molecule has 0 aromatic heterocycles. The first-order valence-corrected chi connectivity index (χ1v) is 7.88. The molecule has 1 saturated heterocycles. The second-order valence-corrected chi connectivity index (χ2v) is 5.63. The first-order chi connectivity index (χ1) is 12.1. The van der Waals surface area contributed by atoms with Gasteiger partial charge in [0.1, 0.15) is 12.6 Å². The Hall–Kier alpha value is -3.02. The quantitative estimate of drug-likeness (QED) is 0.836. The third-order valence-corrected chi connectivity index (χ3v) is 4.13. The third kappa shape index (κ3) is 3.42. The lowest BCUT2D eigenvalue weighted by molar-refractivity contribution is -0.128. The molecule has 2 amide bonds. The van der Waals surface area contributed by atoms with Gasteiger partial charge in [-0.1, -0.05) is 36.4 Å². The molecule has 2 aromatic carbocycles. The Balaban J connectivity index is 1.81. The van der Waals surface area contributed by atoms with Gasteiger partial charge in [0.2, 0.25) is 5.91 Å². The number of methoxy groups -OCH3 is 2. The zero-order chi connectivity index (χ0) is 17.8. The summed E-state index contributed by atoms with van der Waals surface area (Å²) in [6.45, 7) is 0.167. The van der Waals surface area contributed by atoms with Crippen molar-refractivity contribution in [2.75, 3.05) is 20.8 Å². The van der Waals surface area contributed by atoms with E-state index in [1.54, 1.807) is 25.3 Å². The highest BCUT2D eigenvalue weighted by atomic mass is 16.6. The zero-order valence-electron chi connectivity index (χ0n) is 14.1. The van der Waals surface area contributed by atoms with Crippen LogP contribution < -0.4 is 9.47 Å². The maximum absolute atomic E-state index is 12.7. The number of imide groups is 1. The lowest BCUT2D eigenvalue weighted by atomic mass is 10.1. The monoisotopic (exact) mass is 341 g/mol. The van der Waals surface area contributed by atoms with Gasteiger partial charge in [0.05, 0.1) is 20.6 Å². The summed E-state index contributed by atoms with van der Waals surface area (Å²) < 4.78 is 15.5. The van der Waals surface area contributed by atoms with Crippen molar-refractivity contribution < 1.29 is 23.8 Å². The van der Waals surface area contributed by atoms with E-state index in [2.05, 4.69) is 0 Å². The number of cyclic esters (lactones) is 1. The second kappa shape index (κ2) is 7.25. The fourth-order valence-electron chi connectivity index (χ4n) is 2.87.